The van der Waals surface area contributed by atoms with Gasteiger partial charge in [0.2, 0.25) is 11.8 Å². The summed E-state index contributed by atoms with van der Waals surface area (Å²) in [5.74, 6) is -0.669. The first-order valence-corrected chi connectivity index (χ1v) is 7.67. The molecule has 2 aromatic rings. The van der Waals surface area contributed by atoms with Crippen LogP contribution in [-0.4, -0.2) is 11.8 Å². The van der Waals surface area contributed by atoms with Crippen molar-refractivity contribution < 1.29 is 9.59 Å². The van der Waals surface area contributed by atoms with Gasteiger partial charge < -0.3 is 0 Å². The van der Waals surface area contributed by atoms with E-state index in [0.29, 0.717) is 22.2 Å². The fraction of sp³-hybridized carbons (Fsp3) is 0.176. The predicted octanol–water partition coefficient (Wildman–Crippen LogP) is 4.12. The van der Waals surface area contributed by atoms with Gasteiger partial charge in [-0.25, -0.2) is 0 Å². The van der Waals surface area contributed by atoms with Gasteiger partial charge in [0.15, 0.2) is 0 Å². The third kappa shape index (κ3) is 3.01. The van der Waals surface area contributed by atoms with Gasteiger partial charge in [-0.15, -0.1) is 0 Å². The highest BCUT2D eigenvalue weighted by Crippen LogP contribution is 2.29. The van der Waals surface area contributed by atoms with Crippen LogP contribution in [-0.2, 0) is 16.0 Å². The molecule has 112 valence electrons. The second-order valence-electron chi connectivity index (χ2n) is 5.28. The second kappa shape index (κ2) is 6.11. The average Bonchev–Trinajstić information content (AvgIpc) is 2.77. The summed E-state index contributed by atoms with van der Waals surface area (Å²) in [5.41, 5.74) is 1.56. The monoisotopic (exact) mass is 333 g/mol. The molecule has 0 spiro atoms. The maximum atomic E-state index is 12.5. The minimum Gasteiger partial charge on any atom is -0.274 e. The number of benzene rings is 2. The second-order valence-corrected chi connectivity index (χ2v) is 6.15. The molecule has 1 saturated heterocycles. The molecule has 0 bridgehead atoms. The number of hydrogen-bond donors (Lipinski definition) is 0. The number of carbonyl (C=O) groups is 2. The highest BCUT2D eigenvalue weighted by Gasteiger charge is 2.39. The summed E-state index contributed by atoms with van der Waals surface area (Å²) < 4.78 is 0. The lowest BCUT2D eigenvalue weighted by Crippen LogP contribution is -2.30. The fourth-order valence-corrected chi connectivity index (χ4v) is 2.87. The Labute approximate surface area is 138 Å². The van der Waals surface area contributed by atoms with Crippen LogP contribution >= 0.6 is 23.2 Å². The number of halogens is 2. The summed E-state index contributed by atoms with van der Waals surface area (Å²) in [6.45, 7) is 0. The lowest BCUT2D eigenvalue weighted by atomic mass is 9.98. The van der Waals surface area contributed by atoms with Crippen molar-refractivity contribution in [3.05, 3.63) is 64.1 Å². The zero-order valence-electron chi connectivity index (χ0n) is 11.6. The highest BCUT2D eigenvalue weighted by atomic mass is 35.5. The summed E-state index contributed by atoms with van der Waals surface area (Å²) in [5, 5.41) is 1.22. The van der Waals surface area contributed by atoms with Crippen molar-refractivity contribution in [1.29, 1.82) is 0 Å². The number of carbonyl (C=O) groups excluding carboxylic acids is 2. The van der Waals surface area contributed by atoms with Crippen LogP contribution in [0.15, 0.2) is 48.5 Å². The summed E-state index contributed by atoms with van der Waals surface area (Å²) in [7, 11) is 0. The van der Waals surface area contributed by atoms with E-state index in [2.05, 4.69) is 0 Å². The summed E-state index contributed by atoms with van der Waals surface area (Å²) >= 11 is 11.7. The minimum absolute atomic E-state index is 0.165. The van der Waals surface area contributed by atoms with E-state index in [1.165, 1.54) is 4.90 Å². The predicted molar refractivity (Wildman–Crippen MR) is 87.2 cm³/mol. The van der Waals surface area contributed by atoms with E-state index in [1.54, 1.807) is 36.4 Å². The Bertz CT molecular complexity index is 710. The quantitative estimate of drug-likeness (QED) is 0.792. The SMILES string of the molecule is O=C1C[C@H](Cc2ccc(Cl)cc2)C(=O)N1c1ccc(Cl)cc1. The third-order valence-electron chi connectivity index (χ3n) is 3.72. The molecule has 22 heavy (non-hydrogen) atoms. The van der Waals surface area contributed by atoms with Crippen molar-refractivity contribution in [2.75, 3.05) is 4.90 Å². The van der Waals surface area contributed by atoms with Gasteiger partial charge in [-0.05, 0) is 48.4 Å². The van der Waals surface area contributed by atoms with Gasteiger partial charge in [0, 0.05) is 16.5 Å². The van der Waals surface area contributed by atoms with Crippen LogP contribution in [0.4, 0.5) is 5.69 Å². The Balaban J connectivity index is 1.79. The average molecular weight is 334 g/mol. The lowest BCUT2D eigenvalue weighted by Gasteiger charge is -2.15. The molecular weight excluding hydrogens is 321 g/mol. The Morgan fingerprint density at radius 1 is 0.909 bits per heavy atom. The minimum atomic E-state index is -0.329. The number of rotatable bonds is 3. The largest absolute Gasteiger partial charge is 0.274 e. The molecule has 1 aliphatic rings. The van der Waals surface area contributed by atoms with E-state index in [4.69, 9.17) is 23.2 Å². The normalized spacial score (nSPS) is 18.1. The maximum absolute atomic E-state index is 12.5. The number of nitrogens with zero attached hydrogens (tertiary/aromatic N) is 1. The van der Waals surface area contributed by atoms with Gasteiger partial charge >= 0.3 is 0 Å². The molecule has 1 atom stereocenters. The van der Waals surface area contributed by atoms with Crippen molar-refractivity contribution >= 4 is 40.7 Å². The number of amides is 2. The van der Waals surface area contributed by atoms with Crippen LogP contribution in [0.25, 0.3) is 0 Å². The summed E-state index contributed by atoms with van der Waals surface area (Å²) in [4.78, 5) is 25.9. The Morgan fingerprint density at radius 2 is 1.45 bits per heavy atom. The maximum Gasteiger partial charge on any atom is 0.237 e. The van der Waals surface area contributed by atoms with Gasteiger partial charge in [-0.2, -0.15) is 0 Å². The van der Waals surface area contributed by atoms with Crippen molar-refractivity contribution in [3.8, 4) is 0 Å². The standard InChI is InChI=1S/C17H13Cl2NO2/c18-13-3-1-11(2-4-13)9-12-10-16(21)20(17(12)22)15-7-5-14(19)6-8-15/h1-8,12H,9-10H2/t12-/m0/s1. The van der Waals surface area contributed by atoms with Crippen LogP contribution in [0, 0.1) is 5.92 Å². The van der Waals surface area contributed by atoms with Crippen LogP contribution in [0.2, 0.25) is 10.0 Å². The van der Waals surface area contributed by atoms with E-state index < -0.39 is 0 Å². The molecule has 3 nitrogen and oxygen atoms in total. The van der Waals surface area contributed by atoms with Crippen LogP contribution < -0.4 is 4.90 Å². The molecular formula is C17H13Cl2NO2. The van der Waals surface area contributed by atoms with E-state index in [9.17, 15) is 9.59 Å². The molecule has 1 fully saturated rings. The first-order chi connectivity index (χ1) is 10.5. The van der Waals surface area contributed by atoms with Crippen LogP contribution in [0.3, 0.4) is 0 Å². The van der Waals surface area contributed by atoms with Gasteiger partial charge in [-0.3, -0.25) is 14.5 Å². The van der Waals surface area contributed by atoms with E-state index in [1.807, 2.05) is 12.1 Å². The molecule has 5 heteroatoms. The van der Waals surface area contributed by atoms with Crippen LogP contribution in [0.5, 0.6) is 0 Å². The molecule has 0 saturated carbocycles. The van der Waals surface area contributed by atoms with Crippen molar-refractivity contribution in [2.45, 2.75) is 12.8 Å². The van der Waals surface area contributed by atoms with E-state index in [0.717, 1.165) is 5.56 Å². The first-order valence-electron chi connectivity index (χ1n) is 6.91. The lowest BCUT2D eigenvalue weighted by molar-refractivity contribution is -0.122. The topological polar surface area (TPSA) is 37.4 Å². The molecule has 0 aliphatic carbocycles. The van der Waals surface area contributed by atoms with E-state index in [-0.39, 0.29) is 24.2 Å². The molecule has 0 unspecified atom stereocenters. The first kappa shape index (κ1) is 15.1. The number of anilines is 1. The molecule has 2 amide bonds. The Kier molecular flexibility index (Phi) is 4.19. The molecule has 2 aromatic carbocycles. The third-order valence-corrected chi connectivity index (χ3v) is 4.22. The van der Waals surface area contributed by atoms with Crippen molar-refractivity contribution in [3.63, 3.8) is 0 Å². The summed E-state index contributed by atoms with van der Waals surface area (Å²) in [6, 6.07) is 14.0. The fourth-order valence-electron chi connectivity index (χ4n) is 2.62. The highest BCUT2D eigenvalue weighted by molar-refractivity contribution is 6.31. The van der Waals surface area contributed by atoms with Crippen molar-refractivity contribution in [2.24, 2.45) is 5.92 Å². The molecule has 1 heterocycles. The Morgan fingerprint density at radius 3 is 2.05 bits per heavy atom. The molecule has 0 radical (unpaired) electrons. The zero-order valence-corrected chi connectivity index (χ0v) is 13.1. The van der Waals surface area contributed by atoms with E-state index >= 15 is 0 Å². The van der Waals surface area contributed by atoms with Gasteiger partial charge in [0.05, 0.1) is 11.6 Å². The molecule has 0 aromatic heterocycles. The number of hydrogen-bond acceptors (Lipinski definition) is 2. The van der Waals surface area contributed by atoms with Gasteiger partial charge in [0.25, 0.3) is 0 Å². The Hall–Kier alpha value is -1.84. The molecule has 0 N–H and O–H groups in total. The van der Waals surface area contributed by atoms with Gasteiger partial charge in [-0.1, -0.05) is 35.3 Å². The van der Waals surface area contributed by atoms with Crippen LogP contribution in [0.1, 0.15) is 12.0 Å². The summed E-state index contributed by atoms with van der Waals surface area (Å²) in [6.07, 6.45) is 0.760. The van der Waals surface area contributed by atoms with Gasteiger partial charge in [0.1, 0.15) is 0 Å². The van der Waals surface area contributed by atoms with Crippen molar-refractivity contribution in [1.82, 2.24) is 0 Å². The smallest absolute Gasteiger partial charge is 0.237 e. The number of imide groups is 1. The molecule has 3 rings (SSSR count). The molecule has 1 aliphatic heterocycles. The zero-order chi connectivity index (χ0) is 15.7.